The molecule has 1 atom stereocenters. The van der Waals surface area contributed by atoms with Gasteiger partial charge in [-0.2, -0.15) is 0 Å². The van der Waals surface area contributed by atoms with Gasteiger partial charge in [0.15, 0.2) is 0 Å². The molecule has 1 rings (SSSR count). The predicted octanol–water partition coefficient (Wildman–Crippen LogP) is -0.350. The first-order chi connectivity index (χ1) is 7.08. The Balaban J connectivity index is 2.79. The summed E-state index contributed by atoms with van der Waals surface area (Å²) in [5.41, 5.74) is 0.290. The van der Waals surface area contributed by atoms with Crippen molar-refractivity contribution < 1.29 is 14.4 Å². The minimum Gasteiger partial charge on any atom is -0.346 e. The van der Waals surface area contributed by atoms with Gasteiger partial charge in [0.25, 0.3) is 11.8 Å². The van der Waals surface area contributed by atoms with E-state index in [1.165, 1.54) is 6.08 Å². The van der Waals surface area contributed by atoms with Crippen LogP contribution in [-0.2, 0) is 14.4 Å². The average Bonchev–Trinajstić information content (AvgIpc) is 2.54. The fourth-order valence-electron chi connectivity index (χ4n) is 1.32. The van der Waals surface area contributed by atoms with Gasteiger partial charge >= 0.3 is 0 Å². The van der Waals surface area contributed by atoms with Gasteiger partial charge in [0.1, 0.15) is 0 Å². The van der Waals surface area contributed by atoms with E-state index >= 15 is 0 Å². The lowest BCUT2D eigenvalue weighted by Gasteiger charge is -2.15. The molecule has 0 fully saturated rings. The molecule has 2 N–H and O–H groups in total. The van der Waals surface area contributed by atoms with E-state index in [1.807, 2.05) is 6.92 Å². The Labute approximate surface area is 87.2 Å². The molecule has 0 radical (unpaired) electrons. The number of imide groups is 1. The van der Waals surface area contributed by atoms with E-state index in [-0.39, 0.29) is 11.5 Å². The van der Waals surface area contributed by atoms with E-state index < -0.39 is 17.9 Å². The topological polar surface area (TPSA) is 75.3 Å². The number of carbonyl (C=O) groups excluding carboxylic acids is 3. The van der Waals surface area contributed by atoms with Crippen molar-refractivity contribution in [3.8, 4) is 0 Å². The fraction of sp³-hybridized carbons (Fsp3) is 0.300. The lowest BCUT2D eigenvalue weighted by molar-refractivity contribution is -0.123. The summed E-state index contributed by atoms with van der Waals surface area (Å²) in [6.45, 7) is 5.12. The van der Waals surface area contributed by atoms with Crippen LogP contribution in [0.4, 0.5) is 0 Å². The van der Waals surface area contributed by atoms with Crippen LogP contribution in [0, 0.1) is 0 Å². The third-order valence-electron chi connectivity index (χ3n) is 2.07. The van der Waals surface area contributed by atoms with Gasteiger partial charge in [-0.1, -0.05) is 13.5 Å². The van der Waals surface area contributed by atoms with Crippen LogP contribution in [0.15, 0.2) is 24.3 Å². The summed E-state index contributed by atoms with van der Waals surface area (Å²) in [7, 11) is 0. The number of hydrogen-bond donors (Lipinski definition) is 2. The van der Waals surface area contributed by atoms with E-state index in [1.54, 1.807) is 0 Å². The maximum Gasteiger partial charge on any atom is 0.256 e. The first-order valence-corrected chi connectivity index (χ1v) is 4.58. The lowest BCUT2D eigenvalue weighted by Crippen LogP contribution is -2.37. The molecule has 15 heavy (non-hydrogen) atoms. The summed E-state index contributed by atoms with van der Waals surface area (Å²) in [5.74, 6) is -1.26. The van der Waals surface area contributed by atoms with Gasteiger partial charge in [0.2, 0.25) is 5.91 Å². The number of amides is 3. The molecule has 1 aliphatic rings. The van der Waals surface area contributed by atoms with Gasteiger partial charge in [0, 0.05) is 11.6 Å². The molecule has 0 aromatic carbocycles. The Bertz CT molecular complexity index is 358. The van der Waals surface area contributed by atoms with Crippen LogP contribution in [0.5, 0.6) is 0 Å². The first-order valence-electron chi connectivity index (χ1n) is 4.58. The highest BCUT2D eigenvalue weighted by Crippen LogP contribution is 2.11. The van der Waals surface area contributed by atoms with Crippen LogP contribution >= 0.6 is 0 Å². The molecule has 1 heterocycles. The Morgan fingerprint density at radius 1 is 1.67 bits per heavy atom. The molecular formula is C10H12N2O3. The van der Waals surface area contributed by atoms with Gasteiger partial charge in [-0.3, -0.25) is 19.7 Å². The summed E-state index contributed by atoms with van der Waals surface area (Å²) >= 11 is 0. The minimum absolute atomic E-state index is 0.290. The second-order valence-electron chi connectivity index (χ2n) is 3.09. The molecule has 0 aromatic rings. The van der Waals surface area contributed by atoms with E-state index in [2.05, 4.69) is 17.2 Å². The lowest BCUT2D eigenvalue weighted by atomic mass is 10.1. The molecule has 1 aliphatic heterocycles. The average molecular weight is 208 g/mol. The highest BCUT2D eigenvalue weighted by atomic mass is 16.2. The van der Waals surface area contributed by atoms with Crippen molar-refractivity contribution in [2.24, 2.45) is 0 Å². The number of hydrogen-bond acceptors (Lipinski definition) is 3. The maximum atomic E-state index is 11.3. The SMILES string of the molecule is C=CC(=O)NC(CC)C1=CC(=O)NC1=O. The third kappa shape index (κ3) is 2.52. The smallest absolute Gasteiger partial charge is 0.256 e. The monoisotopic (exact) mass is 208 g/mol. The standard InChI is InChI=1S/C10H12N2O3/c1-3-7(11-8(13)4-2)6-5-9(14)12-10(6)15/h4-5,7H,2-3H2,1H3,(H,11,13)(H,12,14,15). The molecule has 0 aliphatic carbocycles. The van der Waals surface area contributed by atoms with E-state index in [0.717, 1.165) is 6.08 Å². The number of nitrogens with one attached hydrogen (secondary N) is 2. The van der Waals surface area contributed by atoms with Crippen molar-refractivity contribution in [1.29, 1.82) is 0 Å². The molecule has 0 aromatic heterocycles. The maximum absolute atomic E-state index is 11.3. The van der Waals surface area contributed by atoms with Gasteiger partial charge in [0.05, 0.1) is 6.04 Å². The van der Waals surface area contributed by atoms with Crippen molar-refractivity contribution in [3.05, 3.63) is 24.3 Å². The van der Waals surface area contributed by atoms with Crippen LogP contribution in [-0.4, -0.2) is 23.8 Å². The molecule has 3 amide bonds. The normalized spacial score (nSPS) is 16.7. The molecule has 0 bridgehead atoms. The summed E-state index contributed by atoms with van der Waals surface area (Å²) in [5, 5.41) is 4.70. The summed E-state index contributed by atoms with van der Waals surface area (Å²) in [6, 6.07) is -0.443. The van der Waals surface area contributed by atoms with Crippen molar-refractivity contribution in [2.45, 2.75) is 19.4 Å². The Morgan fingerprint density at radius 3 is 2.73 bits per heavy atom. The van der Waals surface area contributed by atoms with Crippen LogP contribution in [0.2, 0.25) is 0 Å². The van der Waals surface area contributed by atoms with Crippen molar-refractivity contribution >= 4 is 17.7 Å². The summed E-state index contributed by atoms with van der Waals surface area (Å²) < 4.78 is 0. The molecule has 5 heteroatoms. The van der Waals surface area contributed by atoms with Crippen LogP contribution in [0.25, 0.3) is 0 Å². The minimum atomic E-state index is -0.448. The van der Waals surface area contributed by atoms with Crippen LogP contribution < -0.4 is 10.6 Å². The highest BCUT2D eigenvalue weighted by molar-refractivity contribution is 6.17. The number of carbonyl (C=O) groups is 3. The highest BCUT2D eigenvalue weighted by Gasteiger charge is 2.27. The van der Waals surface area contributed by atoms with E-state index in [9.17, 15) is 14.4 Å². The van der Waals surface area contributed by atoms with Gasteiger partial charge in [-0.15, -0.1) is 0 Å². The third-order valence-corrected chi connectivity index (χ3v) is 2.07. The first kappa shape index (κ1) is 11.2. The van der Waals surface area contributed by atoms with Crippen LogP contribution in [0.1, 0.15) is 13.3 Å². The zero-order valence-electron chi connectivity index (χ0n) is 8.37. The molecular weight excluding hydrogens is 196 g/mol. The van der Waals surface area contributed by atoms with E-state index in [0.29, 0.717) is 6.42 Å². The Kier molecular flexibility index (Phi) is 3.38. The van der Waals surface area contributed by atoms with Gasteiger partial charge in [-0.25, -0.2) is 0 Å². The Morgan fingerprint density at radius 2 is 2.33 bits per heavy atom. The van der Waals surface area contributed by atoms with Gasteiger partial charge < -0.3 is 5.32 Å². The predicted molar refractivity (Wildman–Crippen MR) is 53.7 cm³/mol. The molecule has 80 valence electrons. The number of rotatable bonds is 4. The molecule has 0 spiro atoms. The molecule has 0 saturated carbocycles. The quantitative estimate of drug-likeness (QED) is 0.490. The molecule has 5 nitrogen and oxygen atoms in total. The fourth-order valence-corrected chi connectivity index (χ4v) is 1.32. The largest absolute Gasteiger partial charge is 0.346 e. The second-order valence-corrected chi connectivity index (χ2v) is 3.09. The summed E-state index contributed by atoms with van der Waals surface area (Å²) in [6.07, 6.45) is 2.86. The second kappa shape index (κ2) is 4.54. The van der Waals surface area contributed by atoms with Crippen molar-refractivity contribution in [3.63, 3.8) is 0 Å². The Hall–Kier alpha value is -1.91. The van der Waals surface area contributed by atoms with Crippen molar-refractivity contribution in [1.82, 2.24) is 10.6 Å². The molecule has 1 unspecified atom stereocenters. The van der Waals surface area contributed by atoms with Gasteiger partial charge in [-0.05, 0) is 12.5 Å². The van der Waals surface area contributed by atoms with Crippen LogP contribution in [0.3, 0.4) is 0 Å². The zero-order chi connectivity index (χ0) is 11.4. The van der Waals surface area contributed by atoms with E-state index in [4.69, 9.17) is 0 Å². The zero-order valence-corrected chi connectivity index (χ0v) is 8.37. The molecule has 0 saturated heterocycles. The van der Waals surface area contributed by atoms with Crippen molar-refractivity contribution in [2.75, 3.05) is 0 Å². The summed E-state index contributed by atoms with van der Waals surface area (Å²) in [4.78, 5) is 33.2.